The summed E-state index contributed by atoms with van der Waals surface area (Å²) >= 11 is 0. The SMILES string of the molecule is C=C(C)C(=O)NCCC(C)(CCCNC(=O)C(C)C)CCNC(=O)C(C)(C)CC. The smallest absolute Gasteiger partial charge is 0.246 e. The van der Waals surface area contributed by atoms with Gasteiger partial charge in [-0.15, -0.1) is 0 Å². The molecule has 0 radical (unpaired) electrons. The lowest BCUT2D eigenvalue weighted by Gasteiger charge is -2.31. The van der Waals surface area contributed by atoms with Crippen molar-refractivity contribution >= 4 is 17.7 Å². The van der Waals surface area contributed by atoms with Gasteiger partial charge in [0, 0.05) is 36.5 Å². The summed E-state index contributed by atoms with van der Waals surface area (Å²) in [5, 5.41) is 8.91. The molecule has 0 aliphatic carbocycles. The predicted octanol–water partition coefficient (Wildman–Crippen LogP) is 3.57. The molecule has 6 heteroatoms. The minimum Gasteiger partial charge on any atom is -0.356 e. The van der Waals surface area contributed by atoms with Crippen molar-refractivity contribution in [3.63, 3.8) is 0 Å². The molecule has 0 heterocycles. The van der Waals surface area contributed by atoms with Crippen LogP contribution in [0.25, 0.3) is 0 Å². The highest BCUT2D eigenvalue weighted by Gasteiger charge is 2.27. The zero-order valence-corrected chi connectivity index (χ0v) is 19.7. The number of carbonyl (C=O) groups is 3. The molecule has 0 aliphatic heterocycles. The van der Waals surface area contributed by atoms with Crippen LogP contribution in [-0.4, -0.2) is 37.4 Å². The highest BCUT2D eigenvalue weighted by molar-refractivity contribution is 5.92. The van der Waals surface area contributed by atoms with E-state index in [9.17, 15) is 14.4 Å². The molecular weight excluding hydrogens is 366 g/mol. The van der Waals surface area contributed by atoms with E-state index in [-0.39, 0.29) is 34.5 Å². The molecule has 0 aromatic heterocycles. The maximum Gasteiger partial charge on any atom is 0.246 e. The van der Waals surface area contributed by atoms with Crippen LogP contribution in [-0.2, 0) is 14.4 Å². The standard InChI is InChI=1S/C23H43N3O3/c1-9-22(6,7)21(29)26-16-13-23(8,12-15-25-20(28)18(4)5)11-10-14-24-19(27)17(2)3/h17H,4,9-16H2,1-3,5-8H3,(H,24,27)(H,25,28)(H,26,29). The van der Waals surface area contributed by atoms with E-state index >= 15 is 0 Å². The lowest BCUT2D eigenvalue weighted by atomic mass is 9.78. The van der Waals surface area contributed by atoms with Crippen molar-refractivity contribution in [3.05, 3.63) is 12.2 Å². The Balaban J connectivity index is 4.72. The summed E-state index contributed by atoms with van der Waals surface area (Å²) in [5.74, 6) is -0.0120. The van der Waals surface area contributed by atoms with Gasteiger partial charge in [0.15, 0.2) is 0 Å². The first kappa shape index (κ1) is 27.1. The first-order valence-electron chi connectivity index (χ1n) is 10.8. The maximum absolute atomic E-state index is 12.3. The first-order valence-corrected chi connectivity index (χ1v) is 10.8. The molecule has 0 aromatic rings. The fourth-order valence-corrected chi connectivity index (χ4v) is 2.81. The second-order valence-corrected chi connectivity index (χ2v) is 9.39. The zero-order chi connectivity index (χ0) is 22.7. The van der Waals surface area contributed by atoms with Gasteiger partial charge >= 0.3 is 0 Å². The van der Waals surface area contributed by atoms with Crippen molar-refractivity contribution in [2.75, 3.05) is 19.6 Å². The fourth-order valence-electron chi connectivity index (χ4n) is 2.81. The largest absolute Gasteiger partial charge is 0.356 e. The molecule has 0 saturated heterocycles. The summed E-state index contributed by atoms with van der Waals surface area (Å²) in [6, 6.07) is 0. The van der Waals surface area contributed by atoms with Crippen LogP contribution in [0, 0.1) is 16.7 Å². The van der Waals surface area contributed by atoms with Crippen molar-refractivity contribution in [1.82, 2.24) is 16.0 Å². The summed E-state index contributed by atoms with van der Waals surface area (Å²) in [4.78, 5) is 35.8. The van der Waals surface area contributed by atoms with Gasteiger partial charge in [-0.1, -0.05) is 48.1 Å². The Bertz CT molecular complexity index is 570. The Morgan fingerprint density at radius 3 is 1.93 bits per heavy atom. The fraction of sp³-hybridized carbons (Fsp3) is 0.783. The highest BCUT2D eigenvalue weighted by atomic mass is 16.2. The van der Waals surface area contributed by atoms with Gasteiger partial charge < -0.3 is 16.0 Å². The van der Waals surface area contributed by atoms with Crippen molar-refractivity contribution in [1.29, 1.82) is 0 Å². The molecule has 0 aromatic carbocycles. The summed E-state index contributed by atoms with van der Waals surface area (Å²) in [6.45, 7) is 19.0. The Labute approximate surface area is 177 Å². The van der Waals surface area contributed by atoms with Crippen molar-refractivity contribution in [2.24, 2.45) is 16.7 Å². The van der Waals surface area contributed by atoms with Crippen LogP contribution in [0.3, 0.4) is 0 Å². The molecule has 168 valence electrons. The topological polar surface area (TPSA) is 87.3 Å². The second-order valence-electron chi connectivity index (χ2n) is 9.39. The number of hydrogen-bond donors (Lipinski definition) is 3. The number of carbonyl (C=O) groups excluding carboxylic acids is 3. The average Bonchev–Trinajstić information content (AvgIpc) is 2.64. The molecule has 3 amide bonds. The predicted molar refractivity (Wildman–Crippen MR) is 119 cm³/mol. The molecule has 0 bridgehead atoms. The van der Waals surface area contributed by atoms with Crippen molar-refractivity contribution < 1.29 is 14.4 Å². The molecule has 0 fully saturated rings. The van der Waals surface area contributed by atoms with E-state index in [1.807, 2.05) is 34.6 Å². The third-order valence-corrected chi connectivity index (χ3v) is 5.70. The summed E-state index contributed by atoms with van der Waals surface area (Å²) in [7, 11) is 0. The Kier molecular flexibility index (Phi) is 11.8. The zero-order valence-electron chi connectivity index (χ0n) is 19.7. The van der Waals surface area contributed by atoms with Gasteiger partial charge in [-0.2, -0.15) is 0 Å². The van der Waals surface area contributed by atoms with Gasteiger partial charge in [-0.25, -0.2) is 0 Å². The molecule has 0 aliphatic rings. The third-order valence-electron chi connectivity index (χ3n) is 5.70. The molecule has 3 N–H and O–H groups in total. The van der Waals surface area contributed by atoms with Crippen molar-refractivity contribution in [2.45, 2.75) is 80.6 Å². The number of rotatable bonds is 14. The number of nitrogens with one attached hydrogen (secondary N) is 3. The molecule has 1 unspecified atom stereocenters. The Morgan fingerprint density at radius 1 is 0.897 bits per heavy atom. The van der Waals surface area contributed by atoms with E-state index in [0.717, 1.165) is 32.1 Å². The maximum atomic E-state index is 12.3. The highest BCUT2D eigenvalue weighted by Crippen LogP contribution is 2.31. The number of amides is 3. The molecular formula is C23H43N3O3. The molecule has 0 spiro atoms. The molecule has 1 atom stereocenters. The average molecular weight is 410 g/mol. The van der Waals surface area contributed by atoms with Crippen LogP contribution < -0.4 is 16.0 Å². The van der Waals surface area contributed by atoms with E-state index < -0.39 is 0 Å². The quantitative estimate of drug-likeness (QED) is 0.303. The Morgan fingerprint density at radius 2 is 1.45 bits per heavy atom. The summed E-state index contributed by atoms with van der Waals surface area (Å²) < 4.78 is 0. The van der Waals surface area contributed by atoms with E-state index in [1.165, 1.54) is 0 Å². The minimum absolute atomic E-state index is 0.0177. The third kappa shape index (κ3) is 11.1. The summed E-state index contributed by atoms with van der Waals surface area (Å²) in [6.07, 6.45) is 4.18. The van der Waals surface area contributed by atoms with E-state index in [0.29, 0.717) is 25.2 Å². The van der Waals surface area contributed by atoms with Crippen LogP contribution in [0.4, 0.5) is 0 Å². The van der Waals surface area contributed by atoms with E-state index in [1.54, 1.807) is 6.92 Å². The van der Waals surface area contributed by atoms with Gasteiger partial charge in [-0.3, -0.25) is 14.4 Å². The van der Waals surface area contributed by atoms with Crippen LogP contribution in [0.1, 0.15) is 80.6 Å². The van der Waals surface area contributed by atoms with E-state index in [2.05, 4.69) is 29.5 Å². The van der Waals surface area contributed by atoms with Gasteiger partial charge in [0.2, 0.25) is 17.7 Å². The van der Waals surface area contributed by atoms with Crippen LogP contribution in [0.2, 0.25) is 0 Å². The minimum atomic E-state index is -0.368. The molecule has 29 heavy (non-hydrogen) atoms. The van der Waals surface area contributed by atoms with Crippen LogP contribution in [0.5, 0.6) is 0 Å². The van der Waals surface area contributed by atoms with E-state index in [4.69, 9.17) is 0 Å². The lowest BCUT2D eigenvalue weighted by Crippen LogP contribution is -2.39. The first-order chi connectivity index (χ1) is 13.3. The normalized spacial score (nSPS) is 13.5. The molecule has 0 rings (SSSR count). The van der Waals surface area contributed by atoms with Gasteiger partial charge in [0.1, 0.15) is 0 Å². The van der Waals surface area contributed by atoms with Crippen LogP contribution >= 0.6 is 0 Å². The molecule has 6 nitrogen and oxygen atoms in total. The Hall–Kier alpha value is -1.85. The van der Waals surface area contributed by atoms with Gasteiger partial charge in [0.25, 0.3) is 0 Å². The summed E-state index contributed by atoms with van der Waals surface area (Å²) in [5.41, 5.74) is 0.0822. The van der Waals surface area contributed by atoms with Gasteiger partial charge in [-0.05, 0) is 44.4 Å². The van der Waals surface area contributed by atoms with Crippen molar-refractivity contribution in [3.8, 4) is 0 Å². The van der Waals surface area contributed by atoms with Crippen LogP contribution in [0.15, 0.2) is 12.2 Å². The van der Waals surface area contributed by atoms with Gasteiger partial charge in [0.05, 0.1) is 0 Å². The monoisotopic (exact) mass is 409 g/mol. The lowest BCUT2D eigenvalue weighted by molar-refractivity contribution is -0.129. The second kappa shape index (κ2) is 12.7. The number of hydrogen-bond acceptors (Lipinski definition) is 3. The molecule has 0 saturated carbocycles.